The standard InChI is InChI=1S/C24H27N7S/c1-2-8-18(9-3-1)22(23-26-27-28-31(23)19-10-4-5-11-19)29-14-16-30(17-15-29)24-25-20-12-6-7-13-21(20)32-24/h1-3,6-9,12-13,19,22H,4-5,10-11,14-17H2/t22-/m1/s1. The molecule has 8 heteroatoms. The molecular weight excluding hydrogens is 418 g/mol. The highest BCUT2D eigenvalue weighted by atomic mass is 32.1. The van der Waals surface area contributed by atoms with Crippen LogP contribution in [0, 0.1) is 0 Å². The Hall–Kier alpha value is -2.84. The highest BCUT2D eigenvalue weighted by Gasteiger charge is 2.33. The second-order valence-corrected chi connectivity index (χ2v) is 9.73. The quantitative estimate of drug-likeness (QED) is 0.456. The Morgan fingerprint density at radius 2 is 1.62 bits per heavy atom. The van der Waals surface area contributed by atoms with Gasteiger partial charge >= 0.3 is 0 Å². The molecule has 1 aliphatic heterocycles. The van der Waals surface area contributed by atoms with E-state index in [1.807, 2.05) is 0 Å². The summed E-state index contributed by atoms with van der Waals surface area (Å²) in [5.74, 6) is 0.983. The summed E-state index contributed by atoms with van der Waals surface area (Å²) < 4.78 is 3.37. The first kappa shape index (κ1) is 19.8. The van der Waals surface area contributed by atoms with Gasteiger partial charge in [-0.05, 0) is 41.0 Å². The van der Waals surface area contributed by atoms with Crippen LogP contribution in [0.4, 0.5) is 5.13 Å². The van der Waals surface area contributed by atoms with Gasteiger partial charge in [0, 0.05) is 26.2 Å². The Morgan fingerprint density at radius 3 is 2.41 bits per heavy atom. The average Bonchev–Trinajstić information content (AvgIpc) is 3.60. The lowest BCUT2D eigenvalue weighted by molar-refractivity contribution is 0.197. The fraction of sp³-hybridized carbons (Fsp3) is 0.417. The highest BCUT2D eigenvalue weighted by molar-refractivity contribution is 7.22. The molecule has 1 saturated carbocycles. The molecule has 0 unspecified atom stereocenters. The van der Waals surface area contributed by atoms with Crippen molar-refractivity contribution < 1.29 is 0 Å². The van der Waals surface area contributed by atoms with Crippen molar-refractivity contribution in [2.75, 3.05) is 31.1 Å². The summed E-state index contributed by atoms with van der Waals surface area (Å²) in [5, 5.41) is 14.2. The van der Waals surface area contributed by atoms with Crippen molar-refractivity contribution in [2.45, 2.75) is 37.8 Å². The zero-order chi connectivity index (χ0) is 21.3. The maximum Gasteiger partial charge on any atom is 0.186 e. The number of fused-ring (bicyclic) bond motifs is 1. The Balaban J connectivity index is 1.27. The third kappa shape index (κ3) is 3.67. The molecule has 0 N–H and O–H groups in total. The van der Waals surface area contributed by atoms with E-state index in [1.54, 1.807) is 11.3 Å². The van der Waals surface area contributed by atoms with Crippen LogP contribution in [0.1, 0.15) is 49.2 Å². The van der Waals surface area contributed by atoms with Gasteiger partial charge in [-0.2, -0.15) is 0 Å². The molecule has 3 heterocycles. The third-order valence-corrected chi connectivity index (χ3v) is 7.88. The van der Waals surface area contributed by atoms with E-state index < -0.39 is 0 Å². The maximum absolute atomic E-state index is 4.87. The van der Waals surface area contributed by atoms with Crippen LogP contribution in [0.5, 0.6) is 0 Å². The Bertz CT molecular complexity index is 1140. The minimum atomic E-state index is 0.0734. The lowest BCUT2D eigenvalue weighted by Gasteiger charge is -2.39. The number of tetrazole rings is 1. The molecular formula is C24H27N7S. The smallest absolute Gasteiger partial charge is 0.186 e. The van der Waals surface area contributed by atoms with E-state index >= 15 is 0 Å². The van der Waals surface area contributed by atoms with Gasteiger partial charge in [0.05, 0.1) is 22.3 Å². The number of hydrogen-bond donors (Lipinski definition) is 0. The van der Waals surface area contributed by atoms with Crippen LogP contribution in [-0.2, 0) is 0 Å². The molecule has 0 amide bonds. The second kappa shape index (κ2) is 8.60. The Kier molecular flexibility index (Phi) is 5.32. The molecule has 0 radical (unpaired) electrons. The average molecular weight is 446 g/mol. The van der Waals surface area contributed by atoms with Crippen LogP contribution in [0.15, 0.2) is 54.6 Å². The molecule has 6 rings (SSSR count). The molecule has 1 saturated heterocycles. The number of nitrogens with zero attached hydrogens (tertiary/aromatic N) is 7. The first-order valence-electron chi connectivity index (χ1n) is 11.5. The first-order valence-corrected chi connectivity index (χ1v) is 12.4. The number of thiazole rings is 1. The fourth-order valence-electron chi connectivity index (χ4n) is 5.11. The Morgan fingerprint density at radius 1 is 0.875 bits per heavy atom. The van der Waals surface area contributed by atoms with Gasteiger partial charge in [-0.1, -0.05) is 66.6 Å². The molecule has 2 aromatic carbocycles. The predicted octanol–water partition coefficient (Wildman–Crippen LogP) is 4.31. The summed E-state index contributed by atoms with van der Waals surface area (Å²) in [6.07, 6.45) is 4.87. The number of aromatic nitrogens is 5. The monoisotopic (exact) mass is 445 g/mol. The van der Waals surface area contributed by atoms with Crippen LogP contribution in [0.2, 0.25) is 0 Å². The van der Waals surface area contributed by atoms with Crippen LogP contribution in [0.3, 0.4) is 0 Å². The van der Waals surface area contributed by atoms with Gasteiger partial charge in [0.25, 0.3) is 0 Å². The Labute approximate surface area is 191 Å². The van der Waals surface area contributed by atoms with Gasteiger partial charge in [0.1, 0.15) is 0 Å². The molecule has 32 heavy (non-hydrogen) atoms. The van der Waals surface area contributed by atoms with Gasteiger partial charge in [0.2, 0.25) is 0 Å². The van der Waals surface area contributed by atoms with Gasteiger partial charge in [-0.25, -0.2) is 9.67 Å². The molecule has 1 atom stereocenters. The van der Waals surface area contributed by atoms with E-state index in [2.05, 4.69) is 84.6 Å². The third-order valence-electron chi connectivity index (χ3n) is 6.78. The molecule has 0 bridgehead atoms. The van der Waals surface area contributed by atoms with Crippen molar-refractivity contribution >= 4 is 26.7 Å². The van der Waals surface area contributed by atoms with Gasteiger partial charge < -0.3 is 4.90 Å². The molecule has 7 nitrogen and oxygen atoms in total. The topological polar surface area (TPSA) is 63.0 Å². The lowest BCUT2D eigenvalue weighted by atomic mass is 10.0. The number of hydrogen-bond acceptors (Lipinski definition) is 7. The van der Waals surface area contributed by atoms with Gasteiger partial charge in [-0.15, -0.1) is 5.10 Å². The molecule has 164 valence electrons. The van der Waals surface area contributed by atoms with Gasteiger partial charge in [0.15, 0.2) is 11.0 Å². The number of benzene rings is 2. The second-order valence-electron chi connectivity index (χ2n) is 8.72. The number of para-hydroxylation sites is 1. The lowest BCUT2D eigenvalue weighted by Crippen LogP contribution is -2.48. The van der Waals surface area contributed by atoms with Crippen LogP contribution in [0.25, 0.3) is 10.2 Å². The largest absolute Gasteiger partial charge is 0.345 e. The van der Waals surface area contributed by atoms with E-state index in [1.165, 1.54) is 35.9 Å². The van der Waals surface area contributed by atoms with Crippen molar-refractivity contribution in [3.05, 3.63) is 66.0 Å². The fourth-order valence-corrected chi connectivity index (χ4v) is 6.13. The normalized spacial score (nSPS) is 19.1. The summed E-state index contributed by atoms with van der Waals surface area (Å²) in [6, 6.07) is 19.6. The van der Waals surface area contributed by atoms with Crippen molar-refractivity contribution in [1.82, 2.24) is 30.1 Å². The van der Waals surface area contributed by atoms with Crippen LogP contribution in [-0.4, -0.2) is 56.3 Å². The summed E-state index contributed by atoms with van der Waals surface area (Å²) in [5.41, 5.74) is 2.35. The molecule has 2 fully saturated rings. The molecule has 0 spiro atoms. The van der Waals surface area contributed by atoms with E-state index in [9.17, 15) is 0 Å². The number of anilines is 1. The van der Waals surface area contributed by atoms with E-state index in [0.29, 0.717) is 6.04 Å². The van der Waals surface area contributed by atoms with Crippen LogP contribution < -0.4 is 4.90 Å². The van der Waals surface area contributed by atoms with Crippen molar-refractivity contribution in [3.63, 3.8) is 0 Å². The van der Waals surface area contributed by atoms with Crippen molar-refractivity contribution in [2.24, 2.45) is 0 Å². The summed E-state index contributed by atoms with van der Waals surface area (Å²) in [6.45, 7) is 3.81. The molecule has 2 aromatic heterocycles. The van der Waals surface area contributed by atoms with Crippen molar-refractivity contribution in [1.29, 1.82) is 0 Å². The zero-order valence-corrected chi connectivity index (χ0v) is 18.9. The maximum atomic E-state index is 4.87. The minimum Gasteiger partial charge on any atom is -0.345 e. The van der Waals surface area contributed by atoms with E-state index in [4.69, 9.17) is 4.98 Å². The van der Waals surface area contributed by atoms with E-state index in [-0.39, 0.29) is 6.04 Å². The predicted molar refractivity (Wildman–Crippen MR) is 127 cm³/mol. The van der Waals surface area contributed by atoms with Crippen LogP contribution >= 0.6 is 11.3 Å². The van der Waals surface area contributed by atoms with Gasteiger partial charge in [-0.3, -0.25) is 4.90 Å². The van der Waals surface area contributed by atoms with E-state index in [0.717, 1.165) is 42.7 Å². The minimum absolute atomic E-state index is 0.0734. The zero-order valence-electron chi connectivity index (χ0n) is 18.0. The molecule has 1 aliphatic carbocycles. The summed E-state index contributed by atoms with van der Waals surface area (Å²) in [7, 11) is 0. The first-order chi connectivity index (χ1) is 15.9. The van der Waals surface area contributed by atoms with Crippen molar-refractivity contribution in [3.8, 4) is 0 Å². The summed E-state index contributed by atoms with van der Waals surface area (Å²) >= 11 is 1.79. The number of piperazine rings is 1. The molecule has 2 aliphatic rings. The molecule has 4 aromatic rings. The highest BCUT2D eigenvalue weighted by Crippen LogP contribution is 2.35. The SMILES string of the molecule is c1ccc([C@H](c2nnnn2C2CCCC2)N2CCN(c3nc4ccccc4s3)CC2)cc1. The number of rotatable bonds is 5. The summed E-state index contributed by atoms with van der Waals surface area (Å²) in [4.78, 5) is 9.83.